The van der Waals surface area contributed by atoms with E-state index in [2.05, 4.69) is 34.4 Å². The van der Waals surface area contributed by atoms with Crippen LogP contribution in [-0.4, -0.2) is 47.3 Å². The van der Waals surface area contributed by atoms with Crippen LogP contribution in [0.5, 0.6) is 5.75 Å². The number of methoxy groups -OCH3 is 1. The van der Waals surface area contributed by atoms with Crippen molar-refractivity contribution in [3.63, 3.8) is 0 Å². The number of carbonyl (C=O) groups is 1. The topological polar surface area (TPSA) is 76.5 Å². The van der Waals surface area contributed by atoms with Crippen LogP contribution in [0.3, 0.4) is 0 Å². The van der Waals surface area contributed by atoms with Crippen molar-refractivity contribution in [3.05, 3.63) is 70.1 Å². The summed E-state index contributed by atoms with van der Waals surface area (Å²) in [6.07, 6.45) is 5.25. The molecular weight excluding hydrogens is 428 g/mol. The molecule has 1 amide bonds. The molecule has 0 radical (unpaired) electrons. The molecule has 2 heterocycles. The molecule has 1 aromatic heterocycles. The summed E-state index contributed by atoms with van der Waals surface area (Å²) in [5.74, 6) is 0.562. The second-order valence-electron chi connectivity index (χ2n) is 8.87. The molecule has 1 fully saturated rings. The van der Waals surface area contributed by atoms with Crippen LogP contribution in [0.2, 0.25) is 0 Å². The number of amides is 1. The zero-order valence-corrected chi connectivity index (χ0v) is 20.1. The Labute approximate surface area is 200 Å². The fourth-order valence-corrected chi connectivity index (χ4v) is 4.68. The van der Waals surface area contributed by atoms with Crippen molar-refractivity contribution in [1.29, 1.82) is 0 Å². The Kier molecular flexibility index (Phi) is 7.95. The third-order valence-corrected chi connectivity index (χ3v) is 6.59. The van der Waals surface area contributed by atoms with Crippen LogP contribution < -0.4 is 15.6 Å². The van der Waals surface area contributed by atoms with Crippen LogP contribution >= 0.6 is 0 Å². The Balaban J connectivity index is 1.59. The summed E-state index contributed by atoms with van der Waals surface area (Å²) in [7, 11) is 1.66. The van der Waals surface area contributed by atoms with Crippen molar-refractivity contribution < 1.29 is 9.53 Å². The lowest BCUT2D eigenvalue weighted by Crippen LogP contribution is -2.38. The van der Waals surface area contributed by atoms with Gasteiger partial charge in [-0.15, -0.1) is 0 Å². The van der Waals surface area contributed by atoms with E-state index < -0.39 is 0 Å². The largest absolute Gasteiger partial charge is 0.497 e. The summed E-state index contributed by atoms with van der Waals surface area (Å²) in [4.78, 5) is 28.7. The lowest BCUT2D eigenvalue weighted by atomic mass is 10.0. The van der Waals surface area contributed by atoms with E-state index in [9.17, 15) is 9.59 Å². The second kappa shape index (κ2) is 11.3. The number of aryl methyl sites for hydroxylation is 1. The highest BCUT2D eigenvalue weighted by Gasteiger charge is 2.25. The molecule has 3 aromatic rings. The van der Waals surface area contributed by atoms with Crippen molar-refractivity contribution in [2.75, 3.05) is 26.7 Å². The minimum atomic E-state index is -0.252. The van der Waals surface area contributed by atoms with Gasteiger partial charge in [0.2, 0.25) is 0 Å². The van der Waals surface area contributed by atoms with E-state index in [-0.39, 0.29) is 17.5 Å². The van der Waals surface area contributed by atoms with Gasteiger partial charge in [0.15, 0.2) is 5.69 Å². The van der Waals surface area contributed by atoms with Gasteiger partial charge in [-0.2, -0.15) is 5.10 Å². The quantitative estimate of drug-likeness (QED) is 0.458. The standard InChI is InChI=1S/C27H34N4O3/c1-3-4-7-18-31-27(33)23-11-6-5-10-22(23)25(29-31)26(32)28-19-24(30-16-8-9-17-30)20-12-14-21(34-2)15-13-20/h5-6,10-15,24H,3-4,7-9,16-19H2,1-2H3,(H,28,32). The van der Waals surface area contributed by atoms with E-state index >= 15 is 0 Å². The zero-order chi connectivity index (χ0) is 23.9. The second-order valence-corrected chi connectivity index (χ2v) is 8.87. The molecule has 0 saturated carbocycles. The SMILES string of the molecule is CCCCCn1nc(C(=O)NCC(c2ccc(OC)cc2)N2CCCC2)c2ccccc2c1=O. The van der Waals surface area contributed by atoms with E-state index in [4.69, 9.17) is 4.74 Å². The van der Waals surface area contributed by atoms with Crippen LogP contribution in [0, 0.1) is 0 Å². The summed E-state index contributed by atoms with van der Waals surface area (Å²) in [6.45, 7) is 5.12. The predicted molar refractivity (Wildman–Crippen MR) is 134 cm³/mol. The molecule has 0 spiro atoms. The molecule has 0 bridgehead atoms. The van der Waals surface area contributed by atoms with Crippen LogP contribution in [0.25, 0.3) is 10.8 Å². The average Bonchev–Trinajstić information content (AvgIpc) is 3.40. The Hall–Kier alpha value is -3.19. The highest BCUT2D eigenvalue weighted by molar-refractivity contribution is 6.04. The van der Waals surface area contributed by atoms with Crippen molar-refractivity contribution >= 4 is 16.7 Å². The smallest absolute Gasteiger partial charge is 0.274 e. The third kappa shape index (κ3) is 5.30. The van der Waals surface area contributed by atoms with Gasteiger partial charge in [-0.1, -0.05) is 50.1 Å². The minimum absolute atomic E-state index is 0.0686. The number of hydrogen-bond acceptors (Lipinski definition) is 5. The maximum Gasteiger partial charge on any atom is 0.274 e. The van der Waals surface area contributed by atoms with Gasteiger partial charge in [0, 0.05) is 18.5 Å². The molecule has 0 aliphatic carbocycles. The van der Waals surface area contributed by atoms with E-state index in [0.717, 1.165) is 56.5 Å². The molecular formula is C27H34N4O3. The van der Waals surface area contributed by atoms with Gasteiger partial charge in [0.05, 0.1) is 18.5 Å². The van der Waals surface area contributed by atoms with Gasteiger partial charge >= 0.3 is 0 Å². The molecule has 2 aromatic carbocycles. The molecule has 180 valence electrons. The van der Waals surface area contributed by atoms with Gasteiger partial charge in [-0.05, 0) is 56.1 Å². The van der Waals surface area contributed by atoms with Gasteiger partial charge in [-0.3, -0.25) is 14.5 Å². The van der Waals surface area contributed by atoms with Crippen LogP contribution in [0.15, 0.2) is 53.3 Å². The maximum atomic E-state index is 13.4. The zero-order valence-electron chi connectivity index (χ0n) is 20.1. The predicted octanol–water partition coefficient (Wildman–Crippen LogP) is 4.16. The fourth-order valence-electron chi connectivity index (χ4n) is 4.68. The van der Waals surface area contributed by atoms with Crippen LogP contribution in [-0.2, 0) is 6.54 Å². The lowest BCUT2D eigenvalue weighted by Gasteiger charge is -2.28. The van der Waals surface area contributed by atoms with Gasteiger partial charge < -0.3 is 10.1 Å². The summed E-state index contributed by atoms with van der Waals surface area (Å²) in [5, 5.41) is 8.75. The van der Waals surface area contributed by atoms with E-state index in [1.165, 1.54) is 4.68 Å². The Morgan fingerprint density at radius 1 is 1.06 bits per heavy atom. The van der Waals surface area contributed by atoms with Crippen molar-refractivity contribution in [3.8, 4) is 5.75 Å². The Morgan fingerprint density at radius 2 is 1.76 bits per heavy atom. The molecule has 1 N–H and O–H groups in total. The number of fused-ring (bicyclic) bond motifs is 1. The molecule has 1 unspecified atom stereocenters. The molecule has 7 heteroatoms. The number of hydrogen-bond donors (Lipinski definition) is 1. The number of nitrogens with zero attached hydrogens (tertiary/aromatic N) is 3. The first-order valence-electron chi connectivity index (χ1n) is 12.3. The van der Waals surface area contributed by atoms with Crippen molar-refractivity contribution in [2.24, 2.45) is 0 Å². The Bertz CT molecular complexity index is 1170. The number of nitrogens with one attached hydrogen (secondary N) is 1. The highest BCUT2D eigenvalue weighted by atomic mass is 16.5. The van der Waals surface area contributed by atoms with Gasteiger partial charge in [0.1, 0.15) is 5.75 Å². The first-order chi connectivity index (χ1) is 16.6. The fraction of sp³-hybridized carbons (Fsp3) is 0.444. The number of benzene rings is 2. The highest BCUT2D eigenvalue weighted by Crippen LogP contribution is 2.26. The van der Waals surface area contributed by atoms with Crippen LogP contribution in [0.1, 0.15) is 61.1 Å². The number of rotatable bonds is 10. The molecule has 7 nitrogen and oxygen atoms in total. The van der Waals surface area contributed by atoms with Gasteiger partial charge in [-0.25, -0.2) is 4.68 Å². The first-order valence-corrected chi connectivity index (χ1v) is 12.3. The first kappa shape index (κ1) is 24.0. The molecule has 34 heavy (non-hydrogen) atoms. The number of unbranched alkanes of at least 4 members (excludes halogenated alkanes) is 2. The summed E-state index contributed by atoms with van der Waals surface area (Å²) in [5.41, 5.74) is 1.31. The van der Waals surface area contributed by atoms with E-state index in [0.29, 0.717) is 29.6 Å². The summed E-state index contributed by atoms with van der Waals surface area (Å²) < 4.78 is 6.76. The number of ether oxygens (including phenoxy) is 1. The molecule has 4 rings (SSSR count). The lowest BCUT2D eigenvalue weighted by molar-refractivity contribution is 0.0932. The molecule has 1 saturated heterocycles. The van der Waals surface area contributed by atoms with Crippen molar-refractivity contribution in [1.82, 2.24) is 20.0 Å². The Morgan fingerprint density at radius 3 is 2.44 bits per heavy atom. The monoisotopic (exact) mass is 462 g/mol. The van der Waals surface area contributed by atoms with E-state index in [1.807, 2.05) is 24.3 Å². The minimum Gasteiger partial charge on any atom is -0.497 e. The third-order valence-electron chi connectivity index (χ3n) is 6.59. The normalized spacial score (nSPS) is 14.9. The molecule has 1 atom stereocenters. The summed E-state index contributed by atoms with van der Waals surface area (Å²) in [6, 6.07) is 15.4. The van der Waals surface area contributed by atoms with Gasteiger partial charge in [0.25, 0.3) is 11.5 Å². The number of aromatic nitrogens is 2. The molecule has 1 aliphatic rings. The number of carbonyl (C=O) groups excluding carboxylic acids is 1. The van der Waals surface area contributed by atoms with Crippen LogP contribution in [0.4, 0.5) is 0 Å². The summed E-state index contributed by atoms with van der Waals surface area (Å²) >= 11 is 0. The number of likely N-dealkylation sites (tertiary alicyclic amines) is 1. The average molecular weight is 463 g/mol. The maximum absolute atomic E-state index is 13.4. The molecule has 1 aliphatic heterocycles. The van der Waals surface area contributed by atoms with Crippen molar-refractivity contribution in [2.45, 2.75) is 51.6 Å². The van der Waals surface area contributed by atoms with E-state index in [1.54, 1.807) is 19.2 Å².